The third-order valence-corrected chi connectivity index (χ3v) is 2.84. The highest BCUT2D eigenvalue weighted by Gasteiger charge is 1.85. The molecule has 0 atom stereocenters. The molecule has 0 bridgehead atoms. The standard InChI is InChI=1S/C10H17N.C7H16.C2H6/c1-5-9(4)11-8-10(6-2)7-3;1-3-5-7-6-4-2;1-2/h5-6,8H,7H2,1-4H3;3-7H2,1-2H3;1-2H3/b9-5+,10-6-,11-8+;;. The predicted molar refractivity (Wildman–Crippen MR) is 97.8 cm³/mol. The molecular weight excluding hydrogens is 242 g/mol. The van der Waals surface area contributed by atoms with E-state index in [9.17, 15) is 0 Å². The molecular formula is C19H39N. The van der Waals surface area contributed by atoms with E-state index in [0.29, 0.717) is 0 Å². The minimum Gasteiger partial charge on any atom is -0.262 e. The Morgan fingerprint density at radius 3 is 1.65 bits per heavy atom. The van der Waals surface area contributed by atoms with Gasteiger partial charge in [0.25, 0.3) is 0 Å². The van der Waals surface area contributed by atoms with Crippen LogP contribution in [0.3, 0.4) is 0 Å². The summed E-state index contributed by atoms with van der Waals surface area (Å²) in [5.74, 6) is 0. The molecule has 20 heavy (non-hydrogen) atoms. The summed E-state index contributed by atoms with van der Waals surface area (Å²) in [4.78, 5) is 4.25. The van der Waals surface area contributed by atoms with Gasteiger partial charge in [-0.05, 0) is 32.8 Å². The second kappa shape index (κ2) is 23.3. The van der Waals surface area contributed by atoms with Gasteiger partial charge in [0, 0.05) is 11.9 Å². The molecule has 0 unspecified atom stereocenters. The van der Waals surface area contributed by atoms with E-state index < -0.39 is 0 Å². The highest BCUT2D eigenvalue weighted by molar-refractivity contribution is 5.79. The Kier molecular flexibility index (Phi) is 28.1. The molecule has 120 valence electrons. The van der Waals surface area contributed by atoms with Crippen molar-refractivity contribution in [1.29, 1.82) is 0 Å². The van der Waals surface area contributed by atoms with Crippen LogP contribution in [0.2, 0.25) is 0 Å². The maximum absolute atomic E-state index is 4.25. The second-order valence-corrected chi connectivity index (χ2v) is 4.47. The Labute approximate surface area is 129 Å². The van der Waals surface area contributed by atoms with E-state index in [4.69, 9.17) is 0 Å². The van der Waals surface area contributed by atoms with Gasteiger partial charge in [0.15, 0.2) is 0 Å². The molecule has 0 heterocycles. The molecule has 0 N–H and O–H groups in total. The lowest BCUT2D eigenvalue weighted by Crippen LogP contribution is -1.81. The molecule has 0 saturated heterocycles. The number of nitrogens with zero attached hydrogens (tertiary/aromatic N) is 1. The maximum atomic E-state index is 4.25. The molecule has 0 aliphatic rings. The highest BCUT2D eigenvalue weighted by Crippen LogP contribution is 2.00. The van der Waals surface area contributed by atoms with E-state index in [1.165, 1.54) is 37.7 Å². The van der Waals surface area contributed by atoms with Gasteiger partial charge in [-0.2, -0.15) is 0 Å². The number of hydrogen-bond donors (Lipinski definition) is 0. The summed E-state index contributed by atoms with van der Waals surface area (Å²) in [5, 5.41) is 0. The third-order valence-electron chi connectivity index (χ3n) is 2.84. The van der Waals surface area contributed by atoms with E-state index in [1.807, 2.05) is 46.9 Å². The zero-order chi connectivity index (χ0) is 16.2. The molecule has 0 aromatic rings. The third kappa shape index (κ3) is 22.3. The van der Waals surface area contributed by atoms with Gasteiger partial charge >= 0.3 is 0 Å². The Balaban J connectivity index is -0.000000277. The lowest BCUT2D eigenvalue weighted by molar-refractivity contribution is 0.656. The fourth-order valence-corrected chi connectivity index (χ4v) is 1.31. The molecule has 0 aliphatic heterocycles. The summed E-state index contributed by atoms with van der Waals surface area (Å²) in [6.45, 7) is 16.7. The van der Waals surface area contributed by atoms with Gasteiger partial charge in [-0.3, -0.25) is 4.99 Å². The van der Waals surface area contributed by atoms with Crippen LogP contribution in [0.5, 0.6) is 0 Å². The molecule has 0 amide bonds. The van der Waals surface area contributed by atoms with Crippen LogP contribution in [0.25, 0.3) is 0 Å². The SMILES string of the molecule is CC.CCCCCCC.C\C=C(/C=N/C(C)=C/C)CC. The van der Waals surface area contributed by atoms with Gasteiger partial charge in [-0.1, -0.05) is 78.9 Å². The number of aliphatic imine (C=N–C) groups is 1. The molecule has 0 fully saturated rings. The van der Waals surface area contributed by atoms with Gasteiger partial charge in [0.2, 0.25) is 0 Å². The van der Waals surface area contributed by atoms with E-state index in [-0.39, 0.29) is 0 Å². The lowest BCUT2D eigenvalue weighted by atomic mass is 10.2. The first-order valence-electron chi connectivity index (χ1n) is 8.48. The van der Waals surface area contributed by atoms with Crippen molar-refractivity contribution in [2.45, 2.75) is 93.9 Å². The number of rotatable bonds is 7. The number of hydrogen-bond acceptors (Lipinski definition) is 1. The van der Waals surface area contributed by atoms with Crippen molar-refractivity contribution in [3.8, 4) is 0 Å². The first kappa shape index (κ1) is 24.2. The molecule has 0 aliphatic carbocycles. The summed E-state index contributed by atoms with van der Waals surface area (Å²) < 4.78 is 0. The average molecular weight is 282 g/mol. The van der Waals surface area contributed by atoms with Gasteiger partial charge in [0.1, 0.15) is 0 Å². The highest BCUT2D eigenvalue weighted by atomic mass is 14.7. The number of unbranched alkanes of at least 4 members (excludes halogenated alkanes) is 4. The van der Waals surface area contributed by atoms with Crippen molar-refractivity contribution in [2.24, 2.45) is 4.99 Å². The van der Waals surface area contributed by atoms with Gasteiger partial charge in [0.05, 0.1) is 0 Å². The van der Waals surface area contributed by atoms with E-state index >= 15 is 0 Å². The average Bonchev–Trinajstić information content (AvgIpc) is 2.51. The summed E-state index contributed by atoms with van der Waals surface area (Å²) in [5.41, 5.74) is 2.35. The minimum absolute atomic E-state index is 1.05. The Morgan fingerprint density at radius 2 is 1.35 bits per heavy atom. The van der Waals surface area contributed by atoms with Crippen molar-refractivity contribution in [3.63, 3.8) is 0 Å². The van der Waals surface area contributed by atoms with E-state index in [1.54, 1.807) is 0 Å². The molecule has 0 rings (SSSR count). The molecule has 0 spiro atoms. The first-order valence-corrected chi connectivity index (χ1v) is 8.48. The largest absolute Gasteiger partial charge is 0.262 e. The predicted octanol–water partition coefficient (Wildman–Crippen LogP) is 7.34. The van der Waals surface area contributed by atoms with Crippen LogP contribution in [0.15, 0.2) is 28.4 Å². The monoisotopic (exact) mass is 281 g/mol. The Bertz CT molecular complexity index is 242. The first-order chi connectivity index (χ1) is 9.65. The normalized spacial score (nSPS) is 11.6. The van der Waals surface area contributed by atoms with E-state index in [2.05, 4.69) is 31.8 Å². The van der Waals surface area contributed by atoms with Crippen LogP contribution in [0.4, 0.5) is 0 Å². The van der Waals surface area contributed by atoms with Gasteiger partial charge < -0.3 is 0 Å². The molecule has 0 aromatic carbocycles. The Hall–Kier alpha value is -0.850. The summed E-state index contributed by atoms with van der Waals surface area (Å²) in [6, 6.07) is 0. The molecule has 0 aromatic heterocycles. The van der Waals surface area contributed by atoms with E-state index in [0.717, 1.165) is 12.1 Å². The minimum atomic E-state index is 1.05. The zero-order valence-electron chi connectivity index (χ0n) is 15.4. The fraction of sp³-hybridized carbons (Fsp3) is 0.737. The second-order valence-electron chi connectivity index (χ2n) is 4.47. The van der Waals surface area contributed by atoms with Crippen molar-refractivity contribution in [2.75, 3.05) is 0 Å². The zero-order valence-corrected chi connectivity index (χ0v) is 15.4. The van der Waals surface area contributed by atoms with Crippen LogP contribution in [0.1, 0.15) is 93.9 Å². The number of allylic oxidation sites excluding steroid dienone is 4. The molecule has 1 nitrogen and oxygen atoms in total. The quantitative estimate of drug-likeness (QED) is 0.342. The van der Waals surface area contributed by atoms with Gasteiger partial charge in [-0.15, -0.1) is 0 Å². The maximum Gasteiger partial charge on any atom is 0.0330 e. The van der Waals surface area contributed by atoms with Crippen LogP contribution in [0, 0.1) is 0 Å². The summed E-state index contributed by atoms with van der Waals surface area (Å²) >= 11 is 0. The molecule has 0 radical (unpaired) electrons. The molecule has 0 saturated carbocycles. The Morgan fingerprint density at radius 1 is 0.850 bits per heavy atom. The van der Waals surface area contributed by atoms with Crippen LogP contribution in [-0.2, 0) is 0 Å². The van der Waals surface area contributed by atoms with Crippen molar-refractivity contribution >= 4 is 6.21 Å². The van der Waals surface area contributed by atoms with Crippen LogP contribution < -0.4 is 0 Å². The lowest BCUT2D eigenvalue weighted by Gasteiger charge is -1.93. The smallest absolute Gasteiger partial charge is 0.0330 e. The van der Waals surface area contributed by atoms with Crippen LogP contribution >= 0.6 is 0 Å². The fourth-order valence-electron chi connectivity index (χ4n) is 1.31. The van der Waals surface area contributed by atoms with Crippen molar-refractivity contribution in [3.05, 3.63) is 23.4 Å². The summed E-state index contributed by atoms with van der Waals surface area (Å²) in [7, 11) is 0. The van der Waals surface area contributed by atoms with Crippen molar-refractivity contribution < 1.29 is 0 Å². The topological polar surface area (TPSA) is 12.4 Å². The molecule has 1 heteroatoms. The van der Waals surface area contributed by atoms with Crippen molar-refractivity contribution in [1.82, 2.24) is 0 Å². The van der Waals surface area contributed by atoms with Gasteiger partial charge in [-0.25, -0.2) is 0 Å². The summed E-state index contributed by atoms with van der Waals surface area (Å²) in [6.07, 6.45) is 14.1. The van der Waals surface area contributed by atoms with Crippen LogP contribution in [-0.4, -0.2) is 6.21 Å².